The van der Waals surface area contributed by atoms with Crippen LogP contribution in [-0.2, 0) is 18.0 Å². The van der Waals surface area contributed by atoms with Crippen molar-refractivity contribution >= 4 is 5.97 Å². The maximum absolute atomic E-state index is 14.2. The van der Waals surface area contributed by atoms with Gasteiger partial charge in [-0.15, -0.1) is 0 Å². The predicted molar refractivity (Wildman–Crippen MR) is 92.7 cm³/mol. The average molecular weight is 372 g/mol. The number of rotatable bonds is 6. The number of carbonyl (C=O) groups is 1. The van der Waals surface area contributed by atoms with E-state index in [4.69, 9.17) is 9.47 Å². The molecule has 0 amide bonds. The van der Waals surface area contributed by atoms with Crippen molar-refractivity contribution in [2.75, 3.05) is 0 Å². The highest BCUT2D eigenvalue weighted by atomic mass is 19.2. The summed E-state index contributed by atoms with van der Waals surface area (Å²) in [6.07, 6.45) is 0. The molecule has 3 aromatic carbocycles. The second-order valence-corrected chi connectivity index (χ2v) is 5.70. The van der Waals surface area contributed by atoms with E-state index < -0.39 is 34.7 Å². The second-order valence-electron chi connectivity index (χ2n) is 5.70. The van der Waals surface area contributed by atoms with Crippen LogP contribution >= 0.6 is 0 Å². The lowest BCUT2D eigenvalue weighted by Gasteiger charge is -2.12. The van der Waals surface area contributed by atoms with Crippen molar-refractivity contribution in [3.8, 4) is 5.75 Å². The molecule has 0 saturated heterocycles. The second kappa shape index (κ2) is 8.40. The van der Waals surface area contributed by atoms with Crippen LogP contribution in [0.15, 0.2) is 66.7 Å². The van der Waals surface area contributed by atoms with E-state index in [1.54, 1.807) is 60.7 Å². The quantitative estimate of drug-likeness (QED) is 0.449. The molecular weight excluding hydrogens is 357 g/mol. The largest absolute Gasteiger partial charge is 0.483 e. The maximum atomic E-state index is 14.2. The van der Waals surface area contributed by atoms with Gasteiger partial charge in [0.25, 0.3) is 0 Å². The number of halogens is 3. The van der Waals surface area contributed by atoms with Gasteiger partial charge < -0.3 is 9.47 Å². The Morgan fingerprint density at radius 2 is 1.33 bits per heavy atom. The van der Waals surface area contributed by atoms with Crippen LogP contribution in [0, 0.1) is 17.5 Å². The van der Waals surface area contributed by atoms with E-state index in [0.29, 0.717) is 17.2 Å². The minimum absolute atomic E-state index is 0.144. The summed E-state index contributed by atoms with van der Waals surface area (Å²) < 4.78 is 52.6. The Kier molecular flexibility index (Phi) is 5.76. The Morgan fingerprint density at radius 3 is 1.93 bits per heavy atom. The number of hydrogen-bond acceptors (Lipinski definition) is 3. The van der Waals surface area contributed by atoms with Gasteiger partial charge >= 0.3 is 5.97 Å². The molecule has 3 nitrogen and oxygen atoms in total. The molecule has 0 radical (unpaired) electrons. The highest BCUT2D eigenvalue weighted by molar-refractivity contribution is 5.90. The average Bonchev–Trinajstić information content (AvgIpc) is 2.70. The molecule has 6 heteroatoms. The molecule has 0 fully saturated rings. The normalized spacial score (nSPS) is 10.5. The van der Waals surface area contributed by atoms with E-state index in [1.807, 2.05) is 0 Å². The van der Waals surface area contributed by atoms with Crippen LogP contribution in [-0.4, -0.2) is 5.97 Å². The fraction of sp³-hybridized carbons (Fsp3) is 0.0952. The number of ether oxygens (including phenoxy) is 2. The van der Waals surface area contributed by atoms with Crippen LogP contribution in [0.25, 0.3) is 0 Å². The molecule has 0 spiro atoms. The van der Waals surface area contributed by atoms with Gasteiger partial charge in [0.2, 0.25) is 5.82 Å². The van der Waals surface area contributed by atoms with Crippen molar-refractivity contribution < 1.29 is 27.4 Å². The molecule has 3 rings (SSSR count). The van der Waals surface area contributed by atoms with E-state index in [1.165, 1.54) is 0 Å². The third-order valence-corrected chi connectivity index (χ3v) is 3.78. The molecule has 0 saturated carbocycles. The van der Waals surface area contributed by atoms with Crippen molar-refractivity contribution in [2.45, 2.75) is 13.2 Å². The van der Waals surface area contributed by atoms with Crippen LogP contribution in [0.5, 0.6) is 5.75 Å². The number of carbonyl (C=O) groups excluding carboxylic acids is 1. The first-order valence-electron chi connectivity index (χ1n) is 8.11. The number of esters is 1. The van der Waals surface area contributed by atoms with Crippen molar-refractivity contribution in [1.29, 1.82) is 0 Å². The molecule has 0 bridgehead atoms. The van der Waals surface area contributed by atoms with E-state index in [-0.39, 0.29) is 13.2 Å². The van der Waals surface area contributed by atoms with Gasteiger partial charge in [-0.3, -0.25) is 0 Å². The highest BCUT2D eigenvalue weighted by Crippen LogP contribution is 2.28. The topological polar surface area (TPSA) is 35.5 Å². The van der Waals surface area contributed by atoms with E-state index in [9.17, 15) is 18.0 Å². The van der Waals surface area contributed by atoms with Gasteiger partial charge in [0.1, 0.15) is 18.8 Å². The molecule has 0 aliphatic rings. The Balaban J connectivity index is 1.74. The molecule has 0 N–H and O–H groups in total. The summed E-state index contributed by atoms with van der Waals surface area (Å²) in [5.41, 5.74) is 0.492. The van der Waals surface area contributed by atoms with Gasteiger partial charge in [-0.05, 0) is 17.2 Å². The maximum Gasteiger partial charge on any atom is 0.341 e. The zero-order valence-electron chi connectivity index (χ0n) is 14.1. The molecular formula is C21H15F3O3. The molecule has 0 heterocycles. The smallest absolute Gasteiger partial charge is 0.341 e. The summed E-state index contributed by atoms with van der Waals surface area (Å²) in [5.74, 6) is -6.31. The minimum atomic E-state index is -1.57. The van der Waals surface area contributed by atoms with E-state index in [2.05, 4.69) is 0 Å². The molecule has 0 atom stereocenters. The summed E-state index contributed by atoms with van der Waals surface area (Å²) in [5, 5.41) is 0. The van der Waals surface area contributed by atoms with Gasteiger partial charge in [-0.25, -0.2) is 13.6 Å². The molecule has 0 aliphatic carbocycles. The monoisotopic (exact) mass is 372 g/mol. The van der Waals surface area contributed by atoms with Crippen molar-refractivity contribution in [3.63, 3.8) is 0 Å². The van der Waals surface area contributed by atoms with Gasteiger partial charge in [-0.2, -0.15) is 4.39 Å². The Bertz CT molecular complexity index is 928. The third kappa shape index (κ3) is 4.47. The molecule has 0 aromatic heterocycles. The molecule has 3 aromatic rings. The van der Waals surface area contributed by atoms with Gasteiger partial charge in [0, 0.05) is 0 Å². The SMILES string of the molecule is O=C(OCc1ccccc1)c1cc(F)c(OCc2ccccc2)c(F)c1F. The van der Waals surface area contributed by atoms with E-state index >= 15 is 0 Å². The molecule has 0 unspecified atom stereocenters. The van der Waals surface area contributed by atoms with Crippen LogP contribution < -0.4 is 4.74 Å². The summed E-state index contributed by atoms with van der Waals surface area (Å²) in [7, 11) is 0. The Labute approximate surface area is 154 Å². The number of hydrogen-bond donors (Lipinski definition) is 0. The van der Waals surface area contributed by atoms with Gasteiger partial charge in [0.05, 0.1) is 0 Å². The van der Waals surface area contributed by atoms with Crippen molar-refractivity contribution in [2.24, 2.45) is 0 Å². The first kappa shape index (κ1) is 18.5. The summed E-state index contributed by atoms with van der Waals surface area (Å²) in [4.78, 5) is 12.0. The zero-order chi connectivity index (χ0) is 19.2. The summed E-state index contributed by atoms with van der Waals surface area (Å²) in [6, 6.07) is 17.9. The number of benzene rings is 3. The Hall–Kier alpha value is -3.28. The lowest BCUT2D eigenvalue weighted by molar-refractivity contribution is 0.0465. The van der Waals surface area contributed by atoms with Crippen LogP contribution in [0.3, 0.4) is 0 Å². The van der Waals surface area contributed by atoms with Crippen molar-refractivity contribution in [3.05, 3.63) is 101 Å². The first-order valence-corrected chi connectivity index (χ1v) is 8.11. The van der Waals surface area contributed by atoms with Crippen LogP contribution in [0.2, 0.25) is 0 Å². The molecule has 27 heavy (non-hydrogen) atoms. The lowest BCUT2D eigenvalue weighted by Crippen LogP contribution is -2.11. The fourth-order valence-electron chi connectivity index (χ4n) is 2.39. The Morgan fingerprint density at radius 1 is 0.778 bits per heavy atom. The minimum Gasteiger partial charge on any atom is -0.483 e. The molecule has 138 valence electrons. The third-order valence-electron chi connectivity index (χ3n) is 3.78. The van der Waals surface area contributed by atoms with E-state index in [0.717, 1.165) is 0 Å². The van der Waals surface area contributed by atoms with Crippen LogP contribution in [0.4, 0.5) is 13.2 Å². The predicted octanol–water partition coefficient (Wildman–Crippen LogP) is 5.04. The van der Waals surface area contributed by atoms with Gasteiger partial charge in [-0.1, -0.05) is 60.7 Å². The fourth-order valence-corrected chi connectivity index (χ4v) is 2.39. The zero-order valence-corrected chi connectivity index (χ0v) is 14.1. The lowest BCUT2D eigenvalue weighted by atomic mass is 10.1. The van der Waals surface area contributed by atoms with Gasteiger partial charge in [0.15, 0.2) is 17.4 Å². The first-order chi connectivity index (χ1) is 13.1. The standard InChI is InChI=1S/C21H15F3O3/c22-17-11-16(21(25)27-13-15-9-5-2-6-10-15)18(23)19(24)20(17)26-12-14-7-3-1-4-8-14/h1-11H,12-13H2. The molecule has 0 aliphatic heterocycles. The summed E-state index contributed by atoms with van der Waals surface area (Å²) >= 11 is 0. The van der Waals surface area contributed by atoms with Crippen LogP contribution in [0.1, 0.15) is 21.5 Å². The highest BCUT2D eigenvalue weighted by Gasteiger charge is 2.25. The van der Waals surface area contributed by atoms with Crippen molar-refractivity contribution in [1.82, 2.24) is 0 Å². The summed E-state index contributed by atoms with van der Waals surface area (Å²) in [6.45, 7) is -0.291.